The number of carbonyl (C=O) groups is 1. The summed E-state index contributed by atoms with van der Waals surface area (Å²) >= 11 is 6.06. The highest BCUT2D eigenvalue weighted by Gasteiger charge is 2.24. The minimum absolute atomic E-state index is 0.172. The molecule has 1 aromatic rings. The molecule has 1 aromatic carbocycles. The van der Waals surface area contributed by atoms with Gasteiger partial charge in [0.05, 0.1) is 23.7 Å². The Morgan fingerprint density at radius 2 is 2.25 bits per heavy atom. The van der Waals surface area contributed by atoms with Gasteiger partial charge in [0, 0.05) is 13.1 Å². The van der Waals surface area contributed by atoms with E-state index in [4.69, 9.17) is 16.3 Å². The van der Waals surface area contributed by atoms with Gasteiger partial charge in [-0.2, -0.15) is 0 Å². The molecule has 0 bridgehead atoms. The average Bonchev–Trinajstić information content (AvgIpc) is 2.75. The summed E-state index contributed by atoms with van der Waals surface area (Å²) < 4.78 is 4.76. The number of rotatable bonds is 2. The molecular weight excluding hydrogens is 226 g/mol. The highest BCUT2D eigenvalue weighted by molar-refractivity contribution is 6.21. The van der Waals surface area contributed by atoms with Crippen molar-refractivity contribution in [3.63, 3.8) is 0 Å². The Hall–Kier alpha value is -1.22. The molecule has 1 heterocycles. The van der Waals surface area contributed by atoms with E-state index in [-0.39, 0.29) is 11.3 Å². The predicted octanol–water partition coefficient (Wildman–Crippen LogP) is 2.29. The molecule has 1 saturated heterocycles. The molecule has 0 aliphatic carbocycles. The van der Waals surface area contributed by atoms with Crippen LogP contribution in [0.5, 0.6) is 0 Å². The number of para-hydroxylation sites is 1. The van der Waals surface area contributed by atoms with Crippen LogP contribution in [0.15, 0.2) is 24.3 Å². The number of halogens is 1. The third-order valence-electron chi connectivity index (χ3n) is 2.78. The summed E-state index contributed by atoms with van der Waals surface area (Å²) in [4.78, 5) is 13.7. The summed E-state index contributed by atoms with van der Waals surface area (Å²) in [6.45, 7) is 1.68. The Morgan fingerprint density at radius 3 is 2.88 bits per heavy atom. The lowest BCUT2D eigenvalue weighted by Gasteiger charge is -2.20. The van der Waals surface area contributed by atoms with Crippen molar-refractivity contribution >= 4 is 23.3 Å². The van der Waals surface area contributed by atoms with Gasteiger partial charge in [0.25, 0.3) is 0 Å². The van der Waals surface area contributed by atoms with Crippen LogP contribution in [0.2, 0.25) is 0 Å². The lowest BCUT2D eigenvalue weighted by atomic mass is 10.1. The fraction of sp³-hybridized carbons (Fsp3) is 0.417. The van der Waals surface area contributed by atoms with Crippen LogP contribution in [-0.2, 0) is 4.74 Å². The molecule has 16 heavy (non-hydrogen) atoms. The normalized spacial score (nSPS) is 19.9. The van der Waals surface area contributed by atoms with Crippen LogP contribution < -0.4 is 4.90 Å². The van der Waals surface area contributed by atoms with Crippen molar-refractivity contribution in [3.8, 4) is 0 Å². The zero-order chi connectivity index (χ0) is 11.5. The maximum atomic E-state index is 11.6. The number of methoxy groups -OCH3 is 1. The lowest BCUT2D eigenvalue weighted by Crippen LogP contribution is -2.22. The predicted molar refractivity (Wildman–Crippen MR) is 64.3 cm³/mol. The smallest absolute Gasteiger partial charge is 0.339 e. The average molecular weight is 240 g/mol. The van der Waals surface area contributed by atoms with Gasteiger partial charge in [-0.15, -0.1) is 11.6 Å². The summed E-state index contributed by atoms with van der Waals surface area (Å²) in [6.07, 6.45) is 0.955. The zero-order valence-electron chi connectivity index (χ0n) is 9.15. The summed E-state index contributed by atoms with van der Waals surface area (Å²) in [6, 6.07) is 7.47. The molecule has 0 spiro atoms. The molecule has 1 aliphatic rings. The monoisotopic (exact) mass is 239 g/mol. The van der Waals surface area contributed by atoms with E-state index < -0.39 is 0 Å². The number of hydrogen-bond acceptors (Lipinski definition) is 3. The van der Waals surface area contributed by atoms with E-state index in [1.807, 2.05) is 18.2 Å². The van der Waals surface area contributed by atoms with Crippen molar-refractivity contribution in [3.05, 3.63) is 29.8 Å². The molecule has 1 atom stereocenters. The molecule has 0 aromatic heterocycles. The molecule has 3 nitrogen and oxygen atoms in total. The first-order valence-electron chi connectivity index (χ1n) is 5.28. The van der Waals surface area contributed by atoms with E-state index in [0.29, 0.717) is 5.56 Å². The third-order valence-corrected chi connectivity index (χ3v) is 3.14. The van der Waals surface area contributed by atoms with Gasteiger partial charge in [-0.3, -0.25) is 0 Å². The quantitative estimate of drug-likeness (QED) is 0.586. The fourth-order valence-electron chi connectivity index (χ4n) is 1.97. The molecule has 0 saturated carbocycles. The molecule has 1 aliphatic heterocycles. The highest BCUT2D eigenvalue weighted by Crippen LogP contribution is 2.26. The number of alkyl halides is 1. The Kier molecular flexibility index (Phi) is 3.34. The molecule has 4 heteroatoms. The van der Waals surface area contributed by atoms with Crippen LogP contribution in [0.4, 0.5) is 5.69 Å². The van der Waals surface area contributed by atoms with Crippen LogP contribution in [0, 0.1) is 0 Å². The van der Waals surface area contributed by atoms with Crippen LogP contribution in [0.25, 0.3) is 0 Å². The minimum atomic E-state index is -0.298. The van der Waals surface area contributed by atoms with Crippen LogP contribution in [0.1, 0.15) is 16.8 Å². The number of anilines is 1. The lowest BCUT2D eigenvalue weighted by molar-refractivity contribution is 0.0601. The first kappa shape index (κ1) is 11.3. The van der Waals surface area contributed by atoms with Gasteiger partial charge in [0.1, 0.15) is 0 Å². The number of carbonyl (C=O) groups excluding carboxylic acids is 1. The molecule has 1 unspecified atom stereocenters. The number of nitrogens with zero attached hydrogens (tertiary/aromatic N) is 1. The second-order valence-corrected chi connectivity index (χ2v) is 4.46. The van der Waals surface area contributed by atoms with Gasteiger partial charge in [0.15, 0.2) is 0 Å². The molecule has 0 amide bonds. The van der Waals surface area contributed by atoms with Gasteiger partial charge in [-0.1, -0.05) is 12.1 Å². The molecule has 1 fully saturated rings. The first-order chi connectivity index (χ1) is 7.72. The summed E-state index contributed by atoms with van der Waals surface area (Å²) in [5.41, 5.74) is 1.52. The van der Waals surface area contributed by atoms with Gasteiger partial charge < -0.3 is 9.64 Å². The summed E-state index contributed by atoms with van der Waals surface area (Å²) in [5, 5.41) is 0.172. The Morgan fingerprint density at radius 1 is 1.50 bits per heavy atom. The Labute approximate surface area is 100.0 Å². The largest absolute Gasteiger partial charge is 0.465 e. The number of benzene rings is 1. The molecule has 0 N–H and O–H groups in total. The Balaban J connectivity index is 2.29. The van der Waals surface area contributed by atoms with Gasteiger partial charge in [0.2, 0.25) is 0 Å². The van der Waals surface area contributed by atoms with Crippen LogP contribution in [-0.4, -0.2) is 31.5 Å². The molecule has 2 rings (SSSR count). The molecule has 86 valence electrons. The van der Waals surface area contributed by atoms with E-state index >= 15 is 0 Å². The van der Waals surface area contributed by atoms with Crippen molar-refractivity contribution < 1.29 is 9.53 Å². The highest BCUT2D eigenvalue weighted by atomic mass is 35.5. The van der Waals surface area contributed by atoms with Crippen molar-refractivity contribution in [2.24, 2.45) is 0 Å². The zero-order valence-corrected chi connectivity index (χ0v) is 9.91. The van der Waals surface area contributed by atoms with Crippen molar-refractivity contribution in [1.82, 2.24) is 0 Å². The number of hydrogen-bond donors (Lipinski definition) is 0. The van der Waals surface area contributed by atoms with Gasteiger partial charge in [-0.05, 0) is 18.6 Å². The van der Waals surface area contributed by atoms with Gasteiger partial charge >= 0.3 is 5.97 Å². The van der Waals surface area contributed by atoms with Crippen molar-refractivity contribution in [2.75, 3.05) is 25.1 Å². The first-order valence-corrected chi connectivity index (χ1v) is 5.72. The second-order valence-electron chi connectivity index (χ2n) is 3.84. The van der Waals surface area contributed by atoms with Crippen molar-refractivity contribution in [2.45, 2.75) is 11.8 Å². The van der Waals surface area contributed by atoms with E-state index in [9.17, 15) is 4.79 Å². The van der Waals surface area contributed by atoms with E-state index in [0.717, 1.165) is 25.2 Å². The van der Waals surface area contributed by atoms with E-state index in [1.165, 1.54) is 7.11 Å². The van der Waals surface area contributed by atoms with Crippen molar-refractivity contribution in [1.29, 1.82) is 0 Å². The number of ether oxygens (including phenoxy) is 1. The fourth-order valence-corrected chi connectivity index (χ4v) is 2.23. The molecule has 0 radical (unpaired) electrons. The topological polar surface area (TPSA) is 29.5 Å². The standard InChI is InChI=1S/C12H14ClNO2/c1-16-12(15)10-4-2-3-5-11(10)14-7-6-9(13)8-14/h2-5,9H,6-8H2,1H3. The van der Waals surface area contributed by atoms with Crippen LogP contribution in [0.3, 0.4) is 0 Å². The maximum Gasteiger partial charge on any atom is 0.339 e. The second kappa shape index (κ2) is 4.74. The van der Waals surface area contributed by atoms with Gasteiger partial charge in [-0.25, -0.2) is 4.79 Å². The third kappa shape index (κ3) is 2.14. The minimum Gasteiger partial charge on any atom is -0.465 e. The van der Waals surface area contributed by atoms with E-state index in [2.05, 4.69) is 4.90 Å². The summed E-state index contributed by atoms with van der Waals surface area (Å²) in [7, 11) is 1.40. The molecular formula is C12H14ClNO2. The SMILES string of the molecule is COC(=O)c1ccccc1N1CCC(Cl)C1. The number of esters is 1. The van der Waals surface area contributed by atoms with Crippen LogP contribution >= 0.6 is 11.6 Å². The Bertz CT molecular complexity index is 394. The van der Waals surface area contributed by atoms with E-state index in [1.54, 1.807) is 6.07 Å². The maximum absolute atomic E-state index is 11.6. The summed E-state index contributed by atoms with van der Waals surface area (Å²) in [5.74, 6) is -0.298.